The summed E-state index contributed by atoms with van der Waals surface area (Å²) >= 11 is 0. The molecular formula is C15H19NO2. The molecule has 0 N–H and O–H groups in total. The number of carbonyl (C=O) groups is 1. The summed E-state index contributed by atoms with van der Waals surface area (Å²) < 4.78 is 5.34. The molecule has 0 fully saturated rings. The molecule has 1 rings (SSSR count). The Morgan fingerprint density at radius 1 is 1.33 bits per heavy atom. The van der Waals surface area contributed by atoms with E-state index in [0.29, 0.717) is 25.3 Å². The molecule has 0 aliphatic heterocycles. The Morgan fingerprint density at radius 3 is 2.50 bits per heavy atom. The van der Waals surface area contributed by atoms with Crippen molar-refractivity contribution in [1.82, 2.24) is 4.90 Å². The van der Waals surface area contributed by atoms with E-state index in [1.165, 1.54) is 0 Å². The van der Waals surface area contributed by atoms with Crippen molar-refractivity contribution in [2.75, 3.05) is 19.7 Å². The van der Waals surface area contributed by atoms with Gasteiger partial charge in [-0.1, -0.05) is 12.8 Å². The fourth-order valence-corrected chi connectivity index (χ4v) is 1.68. The number of terminal acetylenes is 1. The fourth-order valence-electron chi connectivity index (χ4n) is 1.68. The summed E-state index contributed by atoms with van der Waals surface area (Å²) in [6.45, 7) is 5.59. The van der Waals surface area contributed by atoms with E-state index in [1.807, 2.05) is 13.8 Å². The quantitative estimate of drug-likeness (QED) is 0.721. The monoisotopic (exact) mass is 245 g/mol. The molecule has 0 unspecified atom stereocenters. The van der Waals surface area contributed by atoms with Gasteiger partial charge in [0.25, 0.3) is 5.91 Å². The summed E-state index contributed by atoms with van der Waals surface area (Å²) in [4.78, 5) is 13.9. The Bertz CT molecular complexity index is 417. The van der Waals surface area contributed by atoms with E-state index in [9.17, 15) is 4.79 Å². The third-order valence-electron chi connectivity index (χ3n) is 2.48. The third-order valence-corrected chi connectivity index (χ3v) is 2.48. The Balaban J connectivity index is 2.78. The molecule has 18 heavy (non-hydrogen) atoms. The van der Waals surface area contributed by atoms with Crippen molar-refractivity contribution < 1.29 is 9.53 Å². The lowest BCUT2D eigenvalue weighted by Crippen LogP contribution is -2.32. The molecule has 0 aliphatic carbocycles. The average Bonchev–Trinajstić information content (AvgIpc) is 2.39. The molecule has 0 aliphatic rings. The standard InChI is InChI=1S/C15H19NO2/c1-4-11-16(12-5-2)15(17)13-7-9-14(10-8-13)18-6-3/h1,7-10H,5-6,11-12H2,2-3H3. The number of benzene rings is 1. The van der Waals surface area contributed by atoms with Crippen LogP contribution in [0.25, 0.3) is 0 Å². The number of hydrogen-bond acceptors (Lipinski definition) is 2. The maximum Gasteiger partial charge on any atom is 0.254 e. The van der Waals surface area contributed by atoms with Crippen molar-refractivity contribution >= 4 is 5.91 Å². The second kappa shape index (κ2) is 7.39. The van der Waals surface area contributed by atoms with Gasteiger partial charge in [-0.05, 0) is 37.6 Å². The van der Waals surface area contributed by atoms with Gasteiger partial charge >= 0.3 is 0 Å². The number of nitrogens with zero attached hydrogens (tertiary/aromatic N) is 1. The zero-order valence-electron chi connectivity index (χ0n) is 11.0. The number of carbonyl (C=O) groups excluding carboxylic acids is 1. The van der Waals surface area contributed by atoms with Gasteiger partial charge in [-0.15, -0.1) is 6.42 Å². The Labute approximate surface area is 109 Å². The molecule has 96 valence electrons. The van der Waals surface area contributed by atoms with Crippen molar-refractivity contribution in [2.24, 2.45) is 0 Å². The highest BCUT2D eigenvalue weighted by Crippen LogP contribution is 2.13. The Morgan fingerprint density at radius 2 is 2.00 bits per heavy atom. The van der Waals surface area contributed by atoms with Crippen molar-refractivity contribution in [1.29, 1.82) is 0 Å². The van der Waals surface area contributed by atoms with Gasteiger partial charge in [-0.2, -0.15) is 0 Å². The zero-order valence-corrected chi connectivity index (χ0v) is 11.0. The lowest BCUT2D eigenvalue weighted by atomic mass is 10.2. The van der Waals surface area contributed by atoms with Crippen LogP contribution in [0.1, 0.15) is 30.6 Å². The second-order valence-electron chi connectivity index (χ2n) is 3.89. The molecule has 0 saturated carbocycles. The van der Waals surface area contributed by atoms with Gasteiger partial charge in [-0.25, -0.2) is 0 Å². The summed E-state index contributed by atoms with van der Waals surface area (Å²) in [6, 6.07) is 7.15. The van der Waals surface area contributed by atoms with Crippen LogP contribution in [0.4, 0.5) is 0 Å². The first kappa shape index (κ1) is 14.1. The molecule has 1 aromatic carbocycles. The Hall–Kier alpha value is -1.95. The molecule has 3 heteroatoms. The molecular weight excluding hydrogens is 226 g/mol. The number of rotatable bonds is 6. The van der Waals surface area contributed by atoms with Crippen LogP contribution in [-0.4, -0.2) is 30.5 Å². The lowest BCUT2D eigenvalue weighted by Gasteiger charge is -2.19. The molecule has 0 aromatic heterocycles. The van der Waals surface area contributed by atoms with Crippen LogP contribution < -0.4 is 4.74 Å². The summed E-state index contributed by atoms with van der Waals surface area (Å²) in [6.07, 6.45) is 6.17. The molecule has 0 bridgehead atoms. The third kappa shape index (κ3) is 3.81. The topological polar surface area (TPSA) is 29.5 Å². The summed E-state index contributed by atoms with van der Waals surface area (Å²) in [5.74, 6) is 3.26. The van der Waals surface area contributed by atoms with E-state index in [1.54, 1.807) is 29.2 Å². The maximum absolute atomic E-state index is 12.2. The fraction of sp³-hybridized carbons (Fsp3) is 0.400. The van der Waals surface area contributed by atoms with Crippen molar-refractivity contribution in [2.45, 2.75) is 20.3 Å². The van der Waals surface area contributed by atoms with Gasteiger partial charge in [0.05, 0.1) is 13.2 Å². The molecule has 0 heterocycles. The van der Waals surface area contributed by atoms with Crippen molar-refractivity contribution in [3.05, 3.63) is 29.8 Å². The van der Waals surface area contributed by atoms with E-state index in [2.05, 4.69) is 5.92 Å². The molecule has 0 saturated heterocycles. The first-order valence-corrected chi connectivity index (χ1v) is 6.18. The number of ether oxygens (including phenoxy) is 1. The molecule has 1 aromatic rings. The van der Waals surface area contributed by atoms with E-state index >= 15 is 0 Å². The predicted octanol–water partition coefficient (Wildman–Crippen LogP) is 2.57. The van der Waals surface area contributed by atoms with Crippen LogP contribution in [0, 0.1) is 12.3 Å². The summed E-state index contributed by atoms with van der Waals surface area (Å²) in [5, 5.41) is 0. The van der Waals surface area contributed by atoms with Gasteiger partial charge in [0.15, 0.2) is 0 Å². The maximum atomic E-state index is 12.2. The van der Waals surface area contributed by atoms with Gasteiger partial charge in [0.2, 0.25) is 0 Å². The van der Waals surface area contributed by atoms with E-state index in [0.717, 1.165) is 12.2 Å². The van der Waals surface area contributed by atoms with Crippen LogP contribution in [0.5, 0.6) is 5.75 Å². The molecule has 3 nitrogen and oxygen atoms in total. The second-order valence-corrected chi connectivity index (χ2v) is 3.89. The van der Waals surface area contributed by atoms with Gasteiger partial charge in [0.1, 0.15) is 5.75 Å². The summed E-state index contributed by atoms with van der Waals surface area (Å²) in [5.41, 5.74) is 0.641. The van der Waals surface area contributed by atoms with Crippen LogP contribution in [0.2, 0.25) is 0 Å². The van der Waals surface area contributed by atoms with Crippen LogP contribution >= 0.6 is 0 Å². The highest BCUT2D eigenvalue weighted by Gasteiger charge is 2.13. The highest BCUT2D eigenvalue weighted by atomic mass is 16.5. The minimum atomic E-state index is -0.0298. The average molecular weight is 245 g/mol. The van der Waals surface area contributed by atoms with Crippen LogP contribution in [0.3, 0.4) is 0 Å². The minimum absolute atomic E-state index is 0.0298. The van der Waals surface area contributed by atoms with Crippen molar-refractivity contribution in [3.8, 4) is 18.1 Å². The molecule has 1 amide bonds. The number of hydrogen-bond donors (Lipinski definition) is 0. The normalized spacial score (nSPS) is 9.61. The zero-order chi connectivity index (χ0) is 13.4. The van der Waals surface area contributed by atoms with E-state index in [4.69, 9.17) is 11.2 Å². The smallest absolute Gasteiger partial charge is 0.254 e. The van der Waals surface area contributed by atoms with Crippen LogP contribution in [0.15, 0.2) is 24.3 Å². The lowest BCUT2D eigenvalue weighted by molar-refractivity contribution is 0.0777. The highest BCUT2D eigenvalue weighted by molar-refractivity contribution is 5.94. The Kier molecular flexibility index (Phi) is 5.79. The number of amides is 1. The molecule has 0 atom stereocenters. The van der Waals surface area contributed by atoms with E-state index in [-0.39, 0.29) is 5.91 Å². The summed E-state index contributed by atoms with van der Waals surface area (Å²) in [7, 11) is 0. The van der Waals surface area contributed by atoms with Gasteiger partial charge in [0, 0.05) is 12.1 Å². The predicted molar refractivity (Wildman–Crippen MR) is 72.6 cm³/mol. The molecule has 0 radical (unpaired) electrons. The van der Waals surface area contributed by atoms with Crippen LogP contribution in [-0.2, 0) is 0 Å². The first-order chi connectivity index (χ1) is 8.72. The van der Waals surface area contributed by atoms with Gasteiger partial charge < -0.3 is 9.64 Å². The molecule has 0 spiro atoms. The van der Waals surface area contributed by atoms with Gasteiger partial charge in [-0.3, -0.25) is 4.79 Å². The minimum Gasteiger partial charge on any atom is -0.494 e. The SMILES string of the molecule is C#CCN(CCC)C(=O)c1ccc(OCC)cc1. The van der Waals surface area contributed by atoms with E-state index < -0.39 is 0 Å². The largest absolute Gasteiger partial charge is 0.494 e. The van der Waals surface area contributed by atoms with Crippen molar-refractivity contribution in [3.63, 3.8) is 0 Å². The first-order valence-electron chi connectivity index (χ1n) is 6.18.